The number of likely N-dealkylation sites (tertiary alicyclic amines) is 1. The Kier molecular flexibility index (Phi) is 3.94. The van der Waals surface area contributed by atoms with Gasteiger partial charge in [-0.25, -0.2) is 4.39 Å². The van der Waals surface area contributed by atoms with Crippen LogP contribution in [0.5, 0.6) is 0 Å². The van der Waals surface area contributed by atoms with Crippen LogP contribution in [0.1, 0.15) is 18.9 Å². The van der Waals surface area contributed by atoms with Crippen LogP contribution in [0.4, 0.5) is 4.39 Å². The number of ketones is 1. The summed E-state index contributed by atoms with van der Waals surface area (Å²) in [4.78, 5) is 13.6. The summed E-state index contributed by atoms with van der Waals surface area (Å²) >= 11 is 3.18. The minimum Gasteiger partial charge on any atom is -0.299 e. The molecule has 0 aliphatic carbocycles. The lowest BCUT2D eigenvalue weighted by Gasteiger charge is -2.29. The van der Waals surface area contributed by atoms with Crippen molar-refractivity contribution in [2.75, 3.05) is 13.1 Å². The molecule has 0 saturated carbocycles. The quantitative estimate of drug-likeness (QED) is 0.837. The van der Waals surface area contributed by atoms with E-state index in [2.05, 4.69) is 20.8 Å². The van der Waals surface area contributed by atoms with Gasteiger partial charge in [-0.3, -0.25) is 9.69 Å². The molecule has 4 heteroatoms. The molecule has 0 radical (unpaired) electrons. The molecule has 1 heterocycles. The van der Waals surface area contributed by atoms with E-state index >= 15 is 0 Å². The number of hydrogen-bond acceptors (Lipinski definition) is 2. The third-order valence-electron chi connectivity index (χ3n) is 3.15. The van der Waals surface area contributed by atoms with Crippen molar-refractivity contribution in [2.24, 2.45) is 5.92 Å². The lowest BCUT2D eigenvalue weighted by atomic mass is 9.98. The number of hydrogen-bond donors (Lipinski definition) is 0. The molecule has 1 aliphatic heterocycles. The Labute approximate surface area is 109 Å². The molecule has 1 aromatic carbocycles. The first kappa shape index (κ1) is 12.7. The largest absolute Gasteiger partial charge is 0.299 e. The molecule has 17 heavy (non-hydrogen) atoms. The lowest BCUT2D eigenvalue weighted by molar-refractivity contribution is -0.125. The van der Waals surface area contributed by atoms with Gasteiger partial charge in [0.2, 0.25) is 0 Å². The Balaban J connectivity index is 2.01. The molecule has 0 spiro atoms. The van der Waals surface area contributed by atoms with E-state index in [1.54, 1.807) is 12.1 Å². The summed E-state index contributed by atoms with van der Waals surface area (Å²) in [5.74, 6) is 0.227. The fourth-order valence-corrected chi connectivity index (χ4v) is 2.56. The van der Waals surface area contributed by atoms with Crippen LogP contribution < -0.4 is 0 Å². The first-order chi connectivity index (χ1) is 8.06. The Bertz CT molecular complexity index is 435. The molecule has 1 fully saturated rings. The lowest BCUT2D eigenvalue weighted by Crippen LogP contribution is -2.39. The highest BCUT2D eigenvalue weighted by molar-refractivity contribution is 9.10. The molecule has 2 rings (SSSR count). The van der Waals surface area contributed by atoms with Crippen molar-refractivity contribution in [2.45, 2.75) is 19.9 Å². The summed E-state index contributed by atoms with van der Waals surface area (Å²) in [5, 5.41) is 0. The Morgan fingerprint density at radius 2 is 2.29 bits per heavy atom. The van der Waals surface area contributed by atoms with E-state index in [4.69, 9.17) is 0 Å². The van der Waals surface area contributed by atoms with Gasteiger partial charge in [-0.1, -0.05) is 13.0 Å². The van der Waals surface area contributed by atoms with Crippen LogP contribution in [0, 0.1) is 11.7 Å². The number of nitrogens with zero attached hydrogens (tertiary/aromatic N) is 1. The zero-order valence-electron chi connectivity index (χ0n) is 9.75. The van der Waals surface area contributed by atoms with Crippen molar-refractivity contribution in [1.82, 2.24) is 4.90 Å². The molecular formula is C13H15BrFNO. The minimum atomic E-state index is -0.240. The van der Waals surface area contributed by atoms with Crippen LogP contribution in [0.25, 0.3) is 0 Å². The normalized spacial score (nSPS) is 21.8. The van der Waals surface area contributed by atoms with Crippen LogP contribution >= 0.6 is 15.9 Å². The van der Waals surface area contributed by atoms with Crippen LogP contribution in [0.3, 0.4) is 0 Å². The summed E-state index contributed by atoms with van der Waals surface area (Å²) in [5.41, 5.74) is 1.07. The number of benzene rings is 1. The monoisotopic (exact) mass is 299 g/mol. The second-order valence-electron chi connectivity index (χ2n) is 4.60. The number of carbonyl (C=O) groups is 1. The van der Waals surface area contributed by atoms with Gasteiger partial charge < -0.3 is 0 Å². The van der Waals surface area contributed by atoms with E-state index in [-0.39, 0.29) is 11.7 Å². The van der Waals surface area contributed by atoms with E-state index in [0.717, 1.165) is 25.2 Å². The highest BCUT2D eigenvalue weighted by Crippen LogP contribution is 2.20. The molecule has 92 valence electrons. The van der Waals surface area contributed by atoms with Crippen molar-refractivity contribution in [3.63, 3.8) is 0 Å². The van der Waals surface area contributed by atoms with E-state index in [0.29, 0.717) is 16.7 Å². The van der Waals surface area contributed by atoms with E-state index < -0.39 is 0 Å². The highest BCUT2D eigenvalue weighted by atomic mass is 79.9. The third-order valence-corrected chi connectivity index (χ3v) is 3.75. The van der Waals surface area contributed by atoms with Gasteiger partial charge in [0.1, 0.15) is 11.6 Å². The molecule has 1 unspecified atom stereocenters. The molecule has 1 saturated heterocycles. The summed E-state index contributed by atoms with van der Waals surface area (Å²) in [6, 6.07) is 5.07. The van der Waals surface area contributed by atoms with Crippen molar-refractivity contribution < 1.29 is 9.18 Å². The first-order valence-corrected chi connectivity index (χ1v) is 6.54. The molecule has 0 aromatic heterocycles. The summed E-state index contributed by atoms with van der Waals surface area (Å²) in [7, 11) is 0. The van der Waals surface area contributed by atoms with Crippen molar-refractivity contribution in [3.8, 4) is 0 Å². The zero-order valence-corrected chi connectivity index (χ0v) is 11.3. The number of carbonyl (C=O) groups excluding carboxylic acids is 1. The van der Waals surface area contributed by atoms with Gasteiger partial charge in [0.25, 0.3) is 0 Å². The topological polar surface area (TPSA) is 20.3 Å². The fraction of sp³-hybridized carbons (Fsp3) is 0.462. The zero-order chi connectivity index (χ0) is 12.4. The molecule has 1 atom stereocenters. The van der Waals surface area contributed by atoms with Gasteiger partial charge in [-0.05, 0) is 33.6 Å². The first-order valence-electron chi connectivity index (χ1n) is 5.75. The summed E-state index contributed by atoms with van der Waals surface area (Å²) < 4.78 is 13.6. The third kappa shape index (κ3) is 3.13. The van der Waals surface area contributed by atoms with Gasteiger partial charge in [-0.15, -0.1) is 0 Å². The average molecular weight is 300 g/mol. The number of halogens is 2. The van der Waals surface area contributed by atoms with Crippen molar-refractivity contribution >= 4 is 21.7 Å². The van der Waals surface area contributed by atoms with Gasteiger partial charge in [0, 0.05) is 32.0 Å². The number of rotatable bonds is 2. The van der Waals surface area contributed by atoms with E-state index in [9.17, 15) is 9.18 Å². The van der Waals surface area contributed by atoms with Crippen LogP contribution in [-0.4, -0.2) is 23.8 Å². The highest BCUT2D eigenvalue weighted by Gasteiger charge is 2.23. The molecule has 0 bridgehead atoms. The van der Waals surface area contributed by atoms with Gasteiger partial charge in [0.05, 0.1) is 4.47 Å². The van der Waals surface area contributed by atoms with Crippen LogP contribution in [0.15, 0.2) is 22.7 Å². The molecule has 0 amide bonds. The smallest absolute Gasteiger partial charge is 0.138 e. The predicted molar refractivity (Wildman–Crippen MR) is 68.2 cm³/mol. The number of piperidine rings is 1. The maximum atomic E-state index is 13.1. The molecule has 1 aromatic rings. The van der Waals surface area contributed by atoms with Crippen LogP contribution in [-0.2, 0) is 11.3 Å². The SMILES string of the molecule is CC1CN(Cc2ccc(F)c(Br)c2)CCC1=O. The molecule has 1 aliphatic rings. The predicted octanol–water partition coefficient (Wildman–Crippen LogP) is 3.00. The Hall–Kier alpha value is -0.740. The summed E-state index contributed by atoms with van der Waals surface area (Å²) in [6.45, 7) is 4.34. The summed E-state index contributed by atoms with van der Waals surface area (Å²) in [6.07, 6.45) is 0.629. The van der Waals surface area contributed by atoms with Gasteiger partial charge in [0.15, 0.2) is 0 Å². The van der Waals surface area contributed by atoms with E-state index in [1.807, 2.05) is 6.92 Å². The Morgan fingerprint density at radius 1 is 1.53 bits per heavy atom. The van der Waals surface area contributed by atoms with Gasteiger partial charge in [-0.2, -0.15) is 0 Å². The van der Waals surface area contributed by atoms with Crippen molar-refractivity contribution in [3.05, 3.63) is 34.1 Å². The number of Topliss-reactive ketones (excluding diaryl/α,β-unsaturated/α-hetero) is 1. The molecule has 2 nitrogen and oxygen atoms in total. The average Bonchev–Trinajstić information content (AvgIpc) is 2.29. The van der Waals surface area contributed by atoms with Crippen molar-refractivity contribution in [1.29, 1.82) is 0 Å². The Morgan fingerprint density at radius 3 is 2.94 bits per heavy atom. The fourth-order valence-electron chi connectivity index (χ4n) is 2.13. The van der Waals surface area contributed by atoms with E-state index in [1.165, 1.54) is 6.07 Å². The molecule has 0 N–H and O–H groups in total. The second kappa shape index (κ2) is 5.27. The second-order valence-corrected chi connectivity index (χ2v) is 5.46. The molecular weight excluding hydrogens is 285 g/mol. The maximum absolute atomic E-state index is 13.1. The van der Waals surface area contributed by atoms with Crippen LogP contribution in [0.2, 0.25) is 0 Å². The minimum absolute atomic E-state index is 0.118. The standard InChI is InChI=1S/C13H15BrFNO/c1-9-7-16(5-4-13(9)17)8-10-2-3-12(15)11(14)6-10/h2-3,6,9H,4-5,7-8H2,1H3. The van der Waals surface area contributed by atoms with Gasteiger partial charge >= 0.3 is 0 Å². The maximum Gasteiger partial charge on any atom is 0.138 e.